The van der Waals surface area contributed by atoms with Crippen molar-refractivity contribution in [3.63, 3.8) is 0 Å². The number of hydrogen-bond donors (Lipinski definition) is 2. The van der Waals surface area contributed by atoms with E-state index in [0.717, 1.165) is 11.1 Å². The minimum atomic E-state index is -0.310. The summed E-state index contributed by atoms with van der Waals surface area (Å²) >= 11 is 0. The Morgan fingerprint density at radius 2 is 1.74 bits per heavy atom. The van der Waals surface area contributed by atoms with Gasteiger partial charge in [0.05, 0.1) is 7.11 Å². The Morgan fingerprint density at radius 1 is 1.04 bits per heavy atom. The quantitative estimate of drug-likeness (QED) is 0.821. The van der Waals surface area contributed by atoms with E-state index in [-0.39, 0.29) is 11.6 Å². The first-order chi connectivity index (χ1) is 10.9. The van der Waals surface area contributed by atoms with Crippen LogP contribution in [0.3, 0.4) is 0 Å². The van der Waals surface area contributed by atoms with Crippen LogP contribution in [0.15, 0.2) is 48.5 Å². The number of methoxy groups -OCH3 is 1. The number of nitrogens with two attached hydrogens (primary N) is 2. The van der Waals surface area contributed by atoms with Crippen LogP contribution >= 0.6 is 0 Å². The number of rotatable bonds is 7. The molecular formula is C19H26N2O2. The molecule has 2 aromatic carbocycles. The van der Waals surface area contributed by atoms with Crippen LogP contribution in [0.1, 0.15) is 37.4 Å². The normalized spacial score (nSPS) is 12.7. The number of benzene rings is 2. The zero-order chi connectivity index (χ0) is 16.9. The fourth-order valence-electron chi connectivity index (χ4n) is 2.45. The summed E-state index contributed by atoms with van der Waals surface area (Å²) in [5.74, 6) is 1.39. The Morgan fingerprint density at radius 3 is 2.35 bits per heavy atom. The van der Waals surface area contributed by atoms with Gasteiger partial charge in [0.2, 0.25) is 0 Å². The summed E-state index contributed by atoms with van der Waals surface area (Å²) in [5, 5.41) is 0. The lowest BCUT2D eigenvalue weighted by molar-refractivity contribution is 0.284. The highest BCUT2D eigenvalue weighted by molar-refractivity contribution is 5.44. The van der Waals surface area contributed by atoms with E-state index in [2.05, 4.69) is 0 Å². The second-order valence-electron chi connectivity index (χ2n) is 6.48. The molecule has 1 unspecified atom stereocenters. The molecule has 0 bridgehead atoms. The second kappa shape index (κ2) is 7.49. The molecule has 4 nitrogen and oxygen atoms in total. The van der Waals surface area contributed by atoms with Crippen LogP contribution in [0.4, 0.5) is 0 Å². The van der Waals surface area contributed by atoms with Crippen molar-refractivity contribution < 1.29 is 9.47 Å². The molecule has 0 fully saturated rings. The lowest BCUT2D eigenvalue weighted by Crippen LogP contribution is -2.35. The van der Waals surface area contributed by atoms with Crippen LogP contribution in [0.25, 0.3) is 0 Å². The maximum absolute atomic E-state index is 6.24. The molecule has 0 aromatic heterocycles. The average molecular weight is 314 g/mol. The van der Waals surface area contributed by atoms with Gasteiger partial charge >= 0.3 is 0 Å². The summed E-state index contributed by atoms with van der Waals surface area (Å²) in [5.41, 5.74) is 14.1. The Labute approximate surface area is 138 Å². The van der Waals surface area contributed by atoms with Crippen molar-refractivity contribution in [2.75, 3.05) is 7.11 Å². The van der Waals surface area contributed by atoms with Gasteiger partial charge in [-0.3, -0.25) is 0 Å². The van der Waals surface area contributed by atoms with E-state index < -0.39 is 0 Å². The third kappa shape index (κ3) is 5.27. The van der Waals surface area contributed by atoms with Crippen molar-refractivity contribution >= 4 is 0 Å². The van der Waals surface area contributed by atoms with Gasteiger partial charge in [-0.15, -0.1) is 0 Å². The molecule has 0 aliphatic heterocycles. The molecule has 0 saturated heterocycles. The maximum atomic E-state index is 6.24. The first-order valence-electron chi connectivity index (χ1n) is 7.78. The van der Waals surface area contributed by atoms with Crippen LogP contribution in [0.5, 0.6) is 11.5 Å². The minimum absolute atomic E-state index is 0.132. The average Bonchev–Trinajstić information content (AvgIpc) is 2.52. The molecular weight excluding hydrogens is 288 g/mol. The smallest absolute Gasteiger partial charge is 0.161 e. The van der Waals surface area contributed by atoms with Gasteiger partial charge in [0.15, 0.2) is 11.5 Å². The molecule has 0 radical (unpaired) electrons. The Kier molecular flexibility index (Phi) is 5.64. The van der Waals surface area contributed by atoms with Crippen LogP contribution in [0.2, 0.25) is 0 Å². The molecule has 1 atom stereocenters. The van der Waals surface area contributed by atoms with Gasteiger partial charge < -0.3 is 20.9 Å². The fraction of sp³-hybridized carbons (Fsp3) is 0.368. The third-order valence-electron chi connectivity index (χ3n) is 3.60. The second-order valence-corrected chi connectivity index (χ2v) is 6.48. The minimum Gasteiger partial charge on any atom is -0.493 e. The first kappa shape index (κ1) is 17.3. The van der Waals surface area contributed by atoms with E-state index in [1.807, 2.05) is 62.4 Å². The highest BCUT2D eigenvalue weighted by atomic mass is 16.5. The summed E-state index contributed by atoms with van der Waals surface area (Å²) in [7, 11) is 1.63. The van der Waals surface area contributed by atoms with E-state index in [1.54, 1.807) is 7.11 Å². The largest absolute Gasteiger partial charge is 0.493 e. The lowest BCUT2D eigenvalue weighted by atomic mass is 9.92. The topological polar surface area (TPSA) is 70.5 Å². The zero-order valence-corrected chi connectivity index (χ0v) is 14.1. The fourth-order valence-corrected chi connectivity index (χ4v) is 2.45. The highest BCUT2D eigenvalue weighted by Crippen LogP contribution is 2.32. The predicted molar refractivity (Wildman–Crippen MR) is 93.6 cm³/mol. The van der Waals surface area contributed by atoms with Crippen molar-refractivity contribution in [1.82, 2.24) is 0 Å². The Bertz CT molecular complexity index is 621. The number of ether oxygens (including phenoxy) is 2. The molecule has 2 rings (SSSR count). The van der Waals surface area contributed by atoms with Crippen molar-refractivity contribution in [3.05, 3.63) is 59.7 Å². The van der Waals surface area contributed by atoms with Crippen LogP contribution in [-0.2, 0) is 6.61 Å². The monoisotopic (exact) mass is 314 g/mol. The van der Waals surface area contributed by atoms with Crippen molar-refractivity contribution in [2.24, 2.45) is 11.5 Å². The molecule has 23 heavy (non-hydrogen) atoms. The predicted octanol–water partition coefficient (Wildman–Crippen LogP) is 3.40. The Balaban J connectivity index is 2.10. The number of hydrogen-bond acceptors (Lipinski definition) is 4. The molecule has 4 N–H and O–H groups in total. The van der Waals surface area contributed by atoms with Crippen molar-refractivity contribution in [1.29, 1.82) is 0 Å². The molecule has 124 valence electrons. The summed E-state index contributed by atoms with van der Waals surface area (Å²) < 4.78 is 11.3. The van der Waals surface area contributed by atoms with E-state index in [0.29, 0.717) is 24.5 Å². The molecule has 0 saturated carbocycles. The molecule has 4 heteroatoms. The van der Waals surface area contributed by atoms with Gasteiger partial charge in [-0.05, 0) is 43.5 Å². The maximum Gasteiger partial charge on any atom is 0.161 e. The SMILES string of the molecule is COc1cc(C(N)CC(C)(C)N)ccc1OCc1ccccc1. The van der Waals surface area contributed by atoms with Gasteiger partial charge in [0.1, 0.15) is 6.61 Å². The standard InChI is InChI=1S/C19H26N2O2/c1-19(2,21)12-16(20)15-9-10-17(18(11-15)22-3)23-13-14-7-5-4-6-8-14/h4-11,16H,12-13,20-21H2,1-3H3. The van der Waals surface area contributed by atoms with E-state index in [9.17, 15) is 0 Å². The summed E-state index contributed by atoms with van der Waals surface area (Å²) in [6.45, 7) is 4.45. The summed E-state index contributed by atoms with van der Waals surface area (Å²) in [4.78, 5) is 0. The van der Waals surface area contributed by atoms with Crippen molar-refractivity contribution in [2.45, 2.75) is 38.5 Å². The lowest BCUT2D eigenvalue weighted by Gasteiger charge is -2.24. The van der Waals surface area contributed by atoms with E-state index in [4.69, 9.17) is 20.9 Å². The summed E-state index contributed by atoms with van der Waals surface area (Å²) in [6.07, 6.45) is 0.695. The first-order valence-corrected chi connectivity index (χ1v) is 7.78. The van der Waals surface area contributed by atoms with Crippen molar-refractivity contribution in [3.8, 4) is 11.5 Å². The molecule has 0 spiro atoms. The molecule has 0 aliphatic carbocycles. The van der Waals surface area contributed by atoms with Crippen LogP contribution < -0.4 is 20.9 Å². The van der Waals surface area contributed by atoms with E-state index >= 15 is 0 Å². The van der Waals surface area contributed by atoms with Crippen LogP contribution in [0, 0.1) is 0 Å². The van der Waals surface area contributed by atoms with Gasteiger partial charge in [-0.25, -0.2) is 0 Å². The van der Waals surface area contributed by atoms with Gasteiger partial charge in [-0.1, -0.05) is 36.4 Å². The van der Waals surface area contributed by atoms with Gasteiger partial charge in [0, 0.05) is 11.6 Å². The van der Waals surface area contributed by atoms with Crippen LogP contribution in [-0.4, -0.2) is 12.6 Å². The highest BCUT2D eigenvalue weighted by Gasteiger charge is 2.18. The Hall–Kier alpha value is -2.04. The summed E-state index contributed by atoms with van der Waals surface area (Å²) in [6, 6.07) is 15.7. The van der Waals surface area contributed by atoms with E-state index in [1.165, 1.54) is 0 Å². The van der Waals surface area contributed by atoms with Gasteiger partial charge in [0.25, 0.3) is 0 Å². The molecule has 0 amide bonds. The third-order valence-corrected chi connectivity index (χ3v) is 3.60. The molecule has 0 heterocycles. The molecule has 0 aliphatic rings. The molecule has 2 aromatic rings. The zero-order valence-electron chi connectivity index (χ0n) is 14.1. The van der Waals surface area contributed by atoms with Gasteiger partial charge in [-0.2, -0.15) is 0 Å².